The van der Waals surface area contributed by atoms with Crippen molar-refractivity contribution in [2.45, 2.75) is 58.0 Å². The molecule has 0 unspecified atom stereocenters. The lowest BCUT2D eigenvalue weighted by Crippen LogP contribution is -2.35. The van der Waals surface area contributed by atoms with Crippen molar-refractivity contribution in [1.29, 1.82) is 0 Å². The number of carbonyl (C=O) groups excluding carboxylic acids is 3. The van der Waals surface area contributed by atoms with Gasteiger partial charge in [-0.1, -0.05) is 36.8 Å². The van der Waals surface area contributed by atoms with Gasteiger partial charge in [0, 0.05) is 43.8 Å². The summed E-state index contributed by atoms with van der Waals surface area (Å²) in [5.41, 5.74) is 3.30. The van der Waals surface area contributed by atoms with Crippen LogP contribution < -0.4 is 15.0 Å². The van der Waals surface area contributed by atoms with Crippen LogP contribution in [0.4, 0.5) is 15.3 Å². The zero-order chi connectivity index (χ0) is 28.8. The van der Waals surface area contributed by atoms with Gasteiger partial charge in [-0.2, -0.15) is 0 Å². The highest BCUT2D eigenvalue weighted by Gasteiger charge is 2.34. The number of benzene rings is 2. The van der Waals surface area contributed by atoms with Gasteiger partial charge in [-0.25, -0.2) is 9.59 Å². The Balaban J connectivity index is 0.956. The van der Waals surface area contributed by atoms with Gasteiger partial charge in [0.1, 0.15) is 25.0 Å². The molecule has 10 nitrogen and oxygen atoms in total. The standard InChI is InChI=1S/C31H35N3O7/c1-31(2)39-21-24-18-23(12-13-26(24)41-31)27-19-33(30(37)40-27)14-5-3-4-6-15-38-16-8-10-22-9-7-11-25(17-22)34-20-28(35)32-29(34)36/h7,9,11-13,17-18,27H,3-6,14-16,19-21H2,1-2H3,(H,32,35,36)/t27-/m0/s1. The summed E-state index contributed by atoms with van der Waals surface area (Å²) in [5.74, 6) is 5.88. The Kier molecular flexibility index (Phi) is 8.76. The monoisotopic (exact) mass is 561 g/mol. The van der Waals surface area contributed by atoms with Crippen LogP contribution in [0.2, 0.25) is 0 Å². The fourth-order valence-corrected chi connectivity index (χ4v) is 4.95. The van der Waals surface area contributed by atoms with Crippen molar-refractivity contribution in [1.82, 2.24) is 10.2 Å². The molecule has 0 aliphatic carbocycles. The molecule has 41 heavy (non-hydrogen) atoms. The molecule has 2 aromatic rings. The first kappa shape index (κ1) is 28.5. The third kappa shape index (κ3) is 7.37. The number of nitrogens with one attached hydrogen (secondary N) is 1. The molecule has 1 N–H and O–H groups in total. The van der Waals surface area contributed by atoms with E-state index in [1.807, 2.05) is 38.1 Å². The van der Waals surface area contributed by atoms with Crippen LogP contribution in [-0.4, -0.2) is 61.6 Å². The minimum Gasteiger partial charge on any atom is -0.463 e. The van der Waals surface area contributed by atoms with Gasteiger partial charge in [-0.05, 0) is 48.7 Å². The summed E-state index contributed by atoms with van der Waals surface area (Å²) in [4.78, 5) is 38.8. The van der Waals surface area contributed by atoms with Gasteiger partial charge in [0.2, 0.25) is 11.7 Å². The van der Waals surface area contributed by atoms with Crippen LogP contribution in [0, 0.1) is 11.8 Å². The maximum Gasteiger partial charge on any atom is 0.410 e. The van der Waals surface area contributed by atoms with Crippen LogP contribution in [0.1, 0.15) is 62.3 Å². The molecule has 3 heterocycles. The Morgan fingerprint density at radius 2 is 1.93 bits per heavy atom. The molecule has 2 aromatic carbocycles. The number of hydrogen-bond donors (Lipinski definition) is 1. The zero-order valence-corrected chi connectivity index (χ0v) is 23.4. The average molecular weight is 562 g/mol. The van der Waals surface area contributed by atoms with Gasteiger partial charge < -0.3 is 23.8 Å². The van der Waals surface area contributed by atoms with Gasteiger partial charge in [-0.3, -0.25) is 15.0 Å². The van der Waals surface area contributed by atoms with E-state index in [-0.39, 0.29) is 24.6 Å². The fourth-order valence-electron chi connectivity index (χ4n) is 4.95. The molecule has 3 aliphatic rings. The second kappa shape index (κ2) is 12.6. The molecule has 3 aliphatic heterocycles. The molecule has 0 spiro atoms. The number of carbonyl (C=O) groups is 3. The second-order valence-corrected chi connectivity index (χ2v) is 10.7. The molecule has 10 heteroatoms. The normalized spacial score (nSPS) is 19.3. The van der Waals surface area contributed by atoms with Gasteiger partial charge in [-0.15, -0.1) is 0 Å². The first-order valence-corrected chi connectivity index (χ1v) is 14.0. The maximum atomic E-state index is 12.4. The van der Waals surface area contributed by atoms with E-state index >= 15 is 0 Å². The average Bonchev–Trinajstić information content (AvgIpc) is 3.49. The van der Waals surface area contributed by atoms with Crippen molar-refractivity contribution < 1.29 is 33.3 Å². The van der Waals surface area contributed by atoms with Gasteiger partial charge in [0.15, 0.2) is 0 Å². The van der Waals surface area contributed by atoms with Crippen LogP contribution in [0.15, 0.2) is 42.5 Å². The van der Waals surface area contributed by atoms with Crippen LogP contribution in [-0.2, 0) is 25.6 Å². The van der Waals surface area contributed by atoms with Crippen molar-refractivity contribution >= 4 is 23.7 Å². The summed E-state index contributed by atoms with van der Waals surface area (Å²) in [6.07, 6.45) is 3.25. The molecular formula is C31H35N3O7. The molecule has 2 saturated heterocycles. The molecule has 5 rings (SSSR count). The number of fused-ring (bicyclic) bond motifs is 1. The minimum atomic E-state index is -0.640. The van der Waals surface area contributed by atoms with Gasteiger partial charge >= 0.3 is 12.1 Å². The molecule has 0 aromatic heterocycles. The lowest BCUT2D eigenvalue weighted by atomic mass is 10.0. The van der Waals surface area contributed by atoms with Crippen molar-refractivity contribution in [3.63, 3.8) is 0 Å². The highest BCUT2D eigenvalue weighted by atomic mass is 16.7. The highest BCUT2D eigenvalue weighted by Crippen LogP contribution is 2.35. The van der Waals surface area contributed by atoms with Crippen molar-refractivity contribution in [2.75, 3.05) is 37.7 Å². The summed E-state index contributed by atoms with van der Waals surface area (Å²) in [5, 5.41) is 2.27. The summed E-state index contributed by atoms with van der Waals surface area (Å²) in [6, 6.07) is 12.7. The van der Waals surface area contributed by atoms with Crippen molar-refractivity contribution in [3.8, 4) is 17.6 Å². The first-order chi connectivity index (χ1) is 19.8. The molecule has 1 atom stereocenters. The van der Waals surface area contributed by atoms with E-state index in [1.54, 1.807) is 23.1 Å². The Hall–Kier alpha value is -4.07. The summed E-state index contributed by atoms with van der Waals surface area (Å²) >= 11 is 0. The smallest absolute Gasteiger partial charge is 0.410 e. The van der Waals surface area contributed by atoms with E-state index in [1.165, 1.54) is 4.90 Å². The van der Waals surface area contributed by atoms with E-state index < -0.39 is 11.8 Å². The molecule has 4 amide bonds. The topological polar surface area (TPSA) is 107 Å². The number of nitrogens with zero attached hydrogens (tertiary/aromatic N) is 2. The molecule has 0 radical (unpaired) electrons. The van der Waals surface area contributed by atoms with Crippen molar-refractivity contribution in [2.24, 2.45) is 0 Å². The number of hydrogen-bond acceptors (Lipinski definition) is 7. The van der Waals surface area contributed by atoms with E-state index in [0.29, 0.717) is 38.6 Å². The first-order valence-electron chi connectivity index (χ1n) is 14.0. The van der Waals surface area contributed by atoms with Crippen LogP contribution in [0.5, 0.6) is 5.75 Å². The lowest BCUT2D eigenvalue weighted by Gasteiger charge is -2.32. The number of rotatable bonds is 10. The predicted molar refractivity (Wildman–Crippen MR) is 150 cm³/mol. The number of unbranched alkanes of at least 4 members (excludes halogenated alkanes) is 3. The highest BCUT2D eigenvalue weighted by molar-refractivity contribution is 6.12. The van der Waals surface area contributed by atoms with E-state index in [4.69, 9.17) is 18.9 Å². The number of imide groups is 1. The summed E-state index contributed by atoms with van der Waals surface area (Å²) in [6.45, 7) is 6.39. The molecule has 0 saturated carbocycles. The summed E-state index contributed by atoms with van der Waals surface area (Å²) < 4.78 is 22.9. The van der Waals surface area contributed by atoms with Gasteiger partial charge in [0.25, 0.3) is 0 Å². The zero-order valence-electron chi connectivity index (χ0n) is 23.4. The predicted octanol–water partition coefficient (Wildman–Crippen LogP) is 4.51. The quantitative estimate of drug-likeness (QED) is 0.258. The third-order valence-corrected chi connectivity index (χ3v) is 7.10. The lowest BCUT2D eigenvalue weighted by molar-refractivity contribution is -0.180. The Bertz CT molecular complexity index is 1360. The SMILES string of the molecule is CC1(C)OCc2cc([C@@H]3CN(CCCCCCOCC#Cc4cccc(N5CC(=O)NC5=O)c4)C(=O)O3)ccc2O1. The van der Waals surface area contributed by atoms with Crippen LogP contribution in [0.25, 0.3) is 0 Å². The summed E-state index contributed by atoms with van der Waals surface area (Å²) in [7, 11) is 0. The van der Waals surface area contributed by atoms with Crippen LogP contribution in [0.3, 0.4) is 0 Å². The maximum absolute atomic E-state index is 12.4. The number of ether oxygens (including phenoxy) is 4. The Morgan fingerprint density at radius 1 is 1.07 bits per heavy atom. The number of amides is 4. The largest absolute Gasteiger partial charge is 0.463 e. The minimum absolute atomic E-state index is 0.0157. The van der Waals surface area contributed by atoms with E-state index in [2.05, 4.69) is 17.2 Å². The molecule has 0 bridgehead atoms. The molecular weight excluding hydrogens is 526 g/mol. The molecule has 216 valence electrons. The fraction of sp³-hybridized carbons (Fsp3) is 0.452. The number of cyclic esters (lactones) is 1. The molecule has 2 fully saturated rings. The van der Waals surface area contributed by atoms with Gasteiger partial charge in [0.05, 0.1) is 13.2 Å². The number of anilines is 1. The van der Waals surface area contributed by atoms with Crippen LogP contribution >= 0.6 is 0 Å². The van der Waals surface area contributed by atoms with Crippen molar-refractivity contribution in [3.05, 3.63) is 59.2 Å². The second-order valence-electron chi connectivity index (χ2n) is 10.7. The Labute approximate surface area is 239 Å². The van der Waals surface area contributed by atoms with E-state index in [0.717, 1.165) is 48.1 Å². The van der Waals surface area contributed by atoms with E-state index in [9.17, 15) is 14.4 Å². The Morgan fingerprint density at radius 3 is 2.76 bits per heavy atom. The number of urea groups is 1. The third-order valence-electron chi connectivity index (χ3n) is 7.10.